The molecular weight excluding hydrogens is 220 g/mol. The van der Waals surface area contributed by atoms with Crippen LogP contribution in [0.25, 0.3) is 10.9 Å². The van der Waals surface area contributed by atoms with Gasteiger partial charge in [-0.1, -0.05) is 32.9 Å². The highest BCUT2D eigenvalue weighted by Crippen LogP contribution is 2.32. The highest BCUT2D eigenvalue weighted by Gasteiger charge is 2.20. The minimum atomic E-state index is 0.0930. The third kappa shape index (κ3) is 2.07. The zero-order valence-corrected chi connectivity index (χ0v) is 12.2. The molecule has 2 aromatic rings. The Morgan fingerprint density at radius 2 is 1.67 bits per heavy atom. The maximum Gasteiger partial charge on any atom is 0.130 e. The Bertz CT molecular complexity index is 592. The van der Waals surface area contributed by atoms with E-state index < -0.39 is 0 Å². The van der Waals surface area contributed by atoms with Crippen LogP contribution in [-0.2, 0) is 5.41 Å². The molecule has 0 spiro atoms. The summed E-state index contributed by atoms with van der Waals surface area (Å²) in [6.07, 6.45) is 0. The minimum absolute atomic E-state index is 0.0930. The zero-order chi connectivity index (χ0) is 13.5. The van der Waals surface area contributed by atoms with Crippen LogP contribution in [0.1, 0.15) is 37.5 Å². The van der Waals surface area contributed by atoms with Crippen LogP contribution >= 0.6 is 0 Å². The molecule has 96 valence electrons. The van der Waals surface area contributed by atoms with E-state index >= 15 is 0 Å². The molecule has 1 heterocycles. The van der Waals surface area contributed by atoms with Crippen molar-refractivity contribution < 1.29 is 0 Å². The summed E-state index contributed by atoms with van der Waals surface area (Å²) < 4.78 is 0. The quantitative estimate of drug-likeness (QED) is 0.811. The van der Waals surface area contributed by atoms with Crippen molar-refractivity contribution in [3.63, 3.8) is 0 Å². The van der Waals surface area contributed by atoms with Gasteiger partial charge in [0.2, 0.25) is 0 Å². The lowest BCUT2D eigenvalue weighted by Gasteiger charge is -2.23. The summed E-state index contributed by atoms with van der Waals surface area (Å²) in [5, 5.41) is 4.49. The number of nitrogens with one attached hydrogen (secondary N) is 1. The maximum absolute atomic E-state index is 4.81. The summed E-state index contributed by atoms with van der Waals surface area (Å²) in [4.78, 5) is 4.81. The van der Waals surface area contributed by atoms with Gasteiger partial charge in [0, 0.05) is 18.0 Å². The van der Waals surface area contributed by atoms with Crippen molar-refractivity contribution in [3.8, 4) is 0 Å². The summed E-state index contributed by atoms with van der Waals surface area (Å²) in [5.74, 6) is 0.990. The molecular formula is C16H22N2. The molecule has 0 aliphatic rings. The maximum atomic E-state index is 4.81. The van der Waals surface area contributed by atoms with Crippen LogP contribution in [0, 0.1) is 13.8 Å². The number of nitrogens with zero attached hydrogens (tertiary/aromatic N) is 1. The first-order valence-corrected chi connectivity index (χ1v) is 6.44. The third-order valence-electron chi connectivity index (χ3n) is 3.45. The number of fused-ring (bicyclic) bond motifs is 1. The molecule has 18 heavy (non-hydrogen) atoms. The van der Waals surface area contributed by atoms with Gasteiger partial charge >= 0.3 is 0 Å². The van der Waals surface area contributed by atoms with Crippen molar-refractivity contribution in [2.75, 3.05) is 12.4 Å². The van der Waals surface area contributed by atoms with Gasteiger partial charge in [0.15, 0.2) is 0 Å². The Morgan fingerprint density at radius 1 is 1.06 bits per heavy atom. The number of rotatable bonds is 1. The van der Waals surface area contributed by atoms with Crippen LogP contribution in [0.15, 0.2) is 18.2 Å². The van der Waals surface area contributed by atoms with E-state index in [1.165, 1.54) is 22.1 Å². The Labute approximate surface area is 109 Å². The number of aryl methyl sites for hydroxylation is 2. The van der Waals surface area contributed by atoms with Gasteiger partial charge in [-0.25, -0.2) is 4.98 Å². The number of hydrogen-bond acceptors (Lipinski definition) is 2. The molecule has 1 aromatic heterocycles. The van der Waals surface area contributed by atoms with Crippen LogP contribution in [-0.4, -0.2) is 12.0 Å². The summed E-state index contributed by atoms with van der Waals surface area (Å²) in [6.45, 7) is 10.9. The average Bonchev–Trinajstić information content (AvgIpc) is 2.31. The molecule has 0 aliphatic heterocycles. The van der Waals surface area contributed by atoms with Gasteiger partial charge in [-0.15, -0.1) is 0 Å². The van der Waals surface area contributed by atoms with Gasteiger partial charge in [0.05, 0.1) is 5.52 Å². The number of aromatic nitrogens is 1. The lowest BCUT2D eigenvalue weighted by atomic mass is 9.86. The molecule has 1 aromatic carbocycles. The highest BCUT2D eigenvalue weighted by atomic mass is 15.0. The van der Waals surface area contributed by atoms with Gasteiger partial charge in [-0.3, -0.25) is 0 Å². The Hall–Kier alpha value is -1.57. The smallest absolute Gasteiger partial charge is 0.130 e. The SMILES string of the molecule is CNc1nc2c(C)ccc(C)c2cc1C(C)(C)C. The summed E-state index contributed by atoms with van der Waals surface area (Å²) >= 11 is 0. The first kappa shape index (κ1) is 12.9. The fraction of sp³-hybridized carbons (Fsp3) is 0.438. The van der Waals surface area contributed by atoms with Gasteiger partial charge in [0.25, 0.3) is 0 Å². The monoisotopic (exact) mass is 242 g/mol. The molecule has 0 radical (unpaired) electrons. The highest BCUT2D eigenvalue weighted by molar-refractivity contribution is 5.87. The standard InChI is InChI=1S/C16H22N2/c1-10-7-8-11(2)14-12(10)9-13(16(3,4)5)15(17-6)18-14/h7-9H,1-6H3,(H,17,18). The van der Waals surface area contributed by atoms with Crippen molar-refractivity contribution in [2.24, 2.45) is 0 Å². The van der Waals surface area contributed by atoms with Gasteiger partial charge in [-0.05, 0) is 36.5 Å². The molecule has 2 rings (SSSR count). The molecule has 0 saturated carbocycles. The zero-order valence-electron chi connectivity index (χ0n) is 12.2. The van der Waals surface area contributed by atoms with Crippen molar-refractivity contribution in [3.05, 3.63) is 34.9 Å². The number of benzene rings is 1. The van der Waals surface area contributed by atoms with Crippen LogP contribution in [0.3, 0.4) is 0 Å². The molecule has 2 heteroatoms. The lowest BCUT2D eigenvalue weighted by molar-refractivity contribution is 0.591. The van der Waals surface area contributed by atoms with E-state index in [0.29, 0.717) is 0 Å². The fourth-order valence-electron chi connectivity index (χ4n) is 2.30. The lowest BCUT2D eigenvalue weighted by Crippen LogP contribution is -2.15. The van der Waals surface area contributed by atoms with Crippen molar-refractivity contribution in [1.29, 1.82) is 0 Å². The predicted octanol–water partition coefficient (Wildman–Crippen LogP) is 4.19. The number of hydrogen-bond donors (Lipinski definition) is 1. The Kier molecular flexibility index (Phi) is 3.05. The number of pyridine rings is 1. The summed E-state index contributed by atoms with van der Waals surface area (Å²) in [5.41, 5.74) is 4.98. The largest absolute Gasteiger partial charge is 0.373 e. The molecule has 0 bridgehead atoms. The van der Waals surface area contributed by atoms with E-state index in [2.05, 4.69) is 58.1 Å². The third-order valence-corrected chi connectivity index (χ3v) is 3.45. The van der Waals surface area contributed by atoms with E-state index in [9.17, 15) is 0 Å². The van der Waals surface area contributed by atoms with Crippen LogP contribution in [0.2, 0.25) is 0 Å². The minimum Gasteiger partial charge on any atom is -0.373 e. The Balaban J connectivity index is 2.86. The summed E-state index contributed by atoms with van der Waals surface area (Å²) in [7, 11) is 1.94. The second kappa shape index (κ2) is 4.27. The van der Waals surface area contributed by atoms with Gasteiger partial charge in [-0.2, -0.15) is 0 Å². The second-order valence-corrected chi connectivity index (χ2v) is 5.98. The normalized spacial score (nSPS) is 11.9. The molecule has 1 N–H and O–H groups in total. The van der Waals surface area contributed by atoms with Crippen molar-refractivity contribution in [2.45, 2.75) is 40.0 Å². The number of anilines is 1. The molecule has 0 aliphatic carbocycles. The van der Waals surface area contributed by atoms with E-state index in [-0.39, 0.29) is 5.41 Å². The van der Waals surface area contributed by atoms with Crippen LogP contribution in [0.4, 0.5) is 5.82 Å². The fourth-order valence-corrected chi connectivity index (χ4v) is 2.30. The van der Waals surface area contributed by atoms with Crippen LogP contribution in [0.5, 0.6) is 0 Å². The first-order chi connectivity index (χ1) is 8.34. The van der Waals surface area contributed by atoms with E-state index in [4.69, 9.17) is 4.98 Å². The second-order valence-electron chi connectivity index (χ2n) is 5.98. The van der Waals surface area contributed by atoms with E-state index in [0.717, 1.165) is 11.3 Å². The first-order valence-electron chi connectivity index (χ1n) is 6.44. The van der Waals surface area contributed by atoms with Gasteiger partial charge in [0.1, 0.15) is 5.82 Å². The van der Waals surface area contributed by atoms with E-state index in [1.54, 1.807) is 0 Å². The van der Waals surface area contributed by atoms with Crippen molar-refractivity contribution >= 4 is 16.7 Å². The molecule has 0 atom stereocenters. The van der Waals surface area contributed by atoms with Crippen LogP contribution < -0.4 is 5.32 Å². The van der Waals surface area contributed by atoms with Gasteiger partial charge < -0.3 is 5.32 Å². The molecule has 0 saturated heterocycles. The predicted molar refractivity (Wildman–Crippen MR) is 79.5 cm³/mol. The average molecular weight is 242 g/mol. The van der Waals surface area contributed by atoms with Crippen molar-refractivity contribution in [1.82, 2.24) is 4.98 Å². The summed E-state index contributed by atoms with van der Waals surface area (Å²) in [6, 6.07) is 6.60. The molecule has 2 nitrogen and oxygen atoms in total. The van der Waals surface area contributed by atoms with E-state index in [1.807, 2.05) is 7.05 Å². The molecule has 0 amide bonds. The topological polar surface area (TPSA) is 24.9 Å². The Morgan fingerprint density at radius 3 is 2.22 bits per heavy atom. The molecule has 0 unspecified atom stereocenters. The molecule has 0 fully saturated rings.